The number of hydrogen-bond acceptors (Lipinski definition) is 4. The van der Waals surface area contributed by atoms with Crippen molar-refractivity contribution in [3.63, 3.8) is 0 Å². The number of anilines is 1. The smallest absolute Gasteiger partial charge is 0.242 e. The van der Waals surface area contributed by atoms with Gasteiger partial charge in [-0.3, -0.25) is 13.9 Å². The van der Waals surface area contributed by atoms with Crippen LogP contribution in [-0.2, 0) is 26.2 Å². The standard InChI is InChI=1S/C26H36BrN3O4S/c1-6-20(3)28-26(32)21(4)29(18-22-13-15-23(27)16-14-22)25(31)12-9-17-30(35(5,33)34)24-11-8-7-10-19(24)2/h7-8,10-11,13-16,20-21H,6,9,12,17-18H2,1-5H3,(H,28,32)/t20-,21-/m0/s1. The number of sulfonamides is 1. The second-order valence-electron chi connectivity index (χ2n) is 8.87. The van der Waals surface area contributed by atoms with Gasteiger partial charge in [-0.15, -0.1) is 0 Å². The van der Waals surface area contributed by atoms with Crippen LogP contribution >= 0.6 is 15.9 Å². The fourth-order valence-corrected chi connectivity index (χ4v) is 4.95. The fourth-order valence-electron chi connectivity index (χ4n) is 3.66. The van der Waals surface area contributed by atoms with Gasteiger partial charge >= 0.3 is 0 Å². The molecule has 0 saturated carbocycles. The molecule has 0 aliphatic rings. The number of carbonyl (C=O) groups is 2. The van der Waals surface area contributed by atoms with Gasteiger partial charge in [-0.25, -0.2) is 8.42 Å². The van der Waals surface area contributed by atoms with Crippen LogP contribution in [0, 0.1) is 6.92 Å². The predicted octanol–water partition coefficient (Wildman–Crippen LogP) is 4.64. The summed E-state index contributed by atoms with van der Waals surface area (Å²) >= 11 is 3.42. The van der Waals surface area contributed by atoms with E-state index in [1.165, 1.54) is 10.6 Å². The molecular weight excluding hydrogens is 530 g/mol. The molecule has 2 rings (SSSR count). The number of nitrogens with zero attached hydrogens (tertiary/aromatic N) is 2. The number of halogens is 1. The van der Waals surface area contributed by atoms with Crippen molar-refractivity contribution in [3.05, 3.63) is 64.1 Å². The molecule has 0 aromatic heterocycles. The lowest BCUT2D eigenvalue weighted by molar-refractivity contribution is -0.140. The number of nitrogens with one attached hydrogen (secondary N) is 1. The molecule has 0 heterocycles. The molecule has 0 bridgehead atoms. The quantitative estimate of drug-likeness (QED) is 0.406. The molecule has 2 aromatic carbocycles. The molecule has 2 aromatic rings. The predicted molar refractivity (Wildman–Crippen MR) is 145 cm³/mol. The third-order valence-corrected chi connectivity index (χ3v) is 7.68. The summed E-state index contributed by atoms with van der Waals surface area (Å²) in [5.41, 5.74) is 2.36. The number of amides is 2. The molecule has 0 saturated heterocycles. The normalized spacial score (nSPS) is 13.1. The van der Waals surface area contributed by atoms with E-state index in [0.717, 1.165) is 22.0 Å². The van der Waals surface area contributed by atoms with Gasteiger partial charge in [0.05, 0.1) is 11.9 Å². The van der Waals surface area contributed by atoms with E-state index >= 15 is 0 Å². The van der Waals surface area contributed by atoms with Crippen LogP contribution < -0.4 is 9.62 Å². The Morgan fingerprint density at radius 2 is 1.69 bits per heavy atom. The lowest BCUT2D eigenvalue weighted by atomic mass is 10.1. The first kappa shape index (κ1) is 28.8. The van der Waals surface area contributed by atoms with Crippen LogP contribution in [0.5, 0.6) is 0 Å². The summed E-state index contributed by atoms with van der Waals surface area (Å²) in [6.45, 7) is 7.96. The number of rotatable bonds is 12. The van der Waals surface area contributed by atoms with Crippen molar-refractivity contribution in [3.8, 4) is 0 Å². The van der Waals surface area contributed by atoms with Crippen LogP contribution in [0.25, 0.3) is 0 Å². The minimum absolute atomic E-state index is 0.00649. The SMILES string of the molecule is CC[C@H](C)NC(=O)[C@H](C)N(Cc1ccc(Br)cc1)C(=O)CCCN(c1ccccc1C)S(C)(=O)=O. The van der Waals surface area contributed by atoms with E-state index in [2.05, 4.69) is 21.2 Å². The van der Waals surface area contributed by atoms with E-state index in [1.54, 1.807) is 24.0 Å². The summed E-state index contributed by atoms with van der Waals surface area (Å²) in [6, 6.07) is 14.2. The fraction of sp³-hybridized carbons (Fsp3) is 0.462. The number of carbonyl (C=O) groups excluding carboxylic acids is 2. The highest BCUT2D eigenvalue weighted by Crippen LogP contribution is 2.23. The molecule has 0 unspecified atom stereocenters. The van der Waals surface area contributed by atoms with Gasteiger partial charge in [-0.2, -0.15) is 0 Å². The van der Waals surface area contributed by atoms with Gasteiger partial charge in [0.2, 0.25) is 21.8 Å². The summed E-state index contributed by atoms with van der Waals surface area (Å²) < 4.78 is 27.2. The second kappa shape index (κ2) is 13.1. The Labute approximate surface area is 218 Å². The third-order valence-electron chi connectivity index (χ3n) is 5.97. The molecule has 0 radical (unpaired) electrons. The Morgan fingerprint density at radius 3 is 2.26 bits per heavy atom. The summed E-state index contributed by atoms with van der Waals surface area (Å²) in [5, 5.41) is 2.95. The minimum atomic E-state index is -3.52. The second-order valence-corrected chi connectivity index (χ2v) is 11.7. The Kier molecular flexibility index (Phi) is 10.8. The maximum atomic E-state index is 13.3. The monoisotopic (exact) mass is 565 g/mol. The molecule has 0 fully saturated rings. The molecule has 35 heavy (non-hydrogen) atoms. The first-order chi connectivity index (χ1) is 16.4. The van der Waals surface area contributed by atoms with Gasteiger partial charge in [0, 0.05) is 30.0 Å². The van der Waals surface area contributed by atoms with Gasteiger partial charge in [0.15, 0.2) is 0 Å². The number of aryl methyl sites for hydroxylation is 1. The summed E-state index contributed by atoms with van der Waals surface area (Å²) in [6.07, 6.45) is 2.41. The zero-order valence-electron chi connectivity index (χ0n) is 21.1. The summed E-state index contributed by atoms with van der Waals surface area (Å²) in [7, 11) is -3.52. The van der Waals surface area contributed by atoms with Crippen LogP contribution in [0.4, 0.5) is 5.69 Å². The van der Waals surface area contributed by atoms with E-state index in [4.69, 9.17) is 0 Å². The summed E-state index contributed by atoms with van der Waals surface area (Å²) in [5.74, 6) is -0.402. The highest BCUT2D eigenvalue weighted by atomic mass is 79.9. The average molecular weight is 567 g/mol. The van der Waals surface area contributed by atoms with Crippen molar-refractivity contribution in [2.45, 2.75) is 65.6 Å². The van der Waals surface area contributed by atoms with Crippen LogP contribution in [0.2, 0.25) is 0 Å². The number of benzene rings is 2. The molecule has 2 amide bonds. The van der Waals surface area contributed by atoms with Crippen molar-refractivity contribution < 1.29 is 18.0 Å². The number of para-hydroxylation sites is 1. The minimum Gasteiger partial charge on any atom is -0.352 e. The summed E-state index contributed by atoms with van der Waals surface area (Å²) in [4.78, 5) is 27.7. The molecule has 192 valence electrons. The van der Waals surface area contributed by atoms with Crippen molar-refractivity contribution in [1.29, 1.82) is 0 Å². The maximum Gasteiger partial charge on any atom is 0.242 e. The number of hydrogen-bond donors (Lipinski definition) is 1. The lowest BCUT2D eigenvalue weighted by Crippen LogP contribution is -2.49. The highest BCUT2D eigenvalue weighted by molar-refractivity contribution is 9.10. The van der Waals surface area contributed by atoms with Crippen molar-refractivity contribution in [2.75, 3.05) is 17.1 Å². The molecule has 7 nitrogen and oxygen atoms in total. The largest absolute Gasteiger partial charge is 0.352 e. The van der Waals surface area contributed by atoms with Crippen LogP contribution in [0.3, 0.4) is 0 Å². The molecule has 1 N–H and O–H groups in total. The van der Waals surface area contributed by atoms with E-state index in [-0.39, 0.29) is 37.4 Å². The first-order valence-corrected chi connectivity index (χ1v) is 14.5. The van der Waals surface area contributed by atoms with E-state index in [1.807, 2.05) is 57.2 Å². The Balaban J connectivity index is 2.17. The van der Waals surface area contributed by atoms with Gasteiger partial charge in [-0.05, 0) is 62.9 Å². The Morgan fingerprint density at radius 1 is 1.06 bits per heavy atom. The Hall–Kier alpha value is -2.39. The van der Waals surface area contributed by atoms with Crippen LogP contribution in [-0.4, -0.2) is 50.0 Å². The maximum absolute atomic E-state index is 13.3. The molecule has 0 spiro atoms. The third kappa shape index (κ3) is 8.65. The van der Waals surface area contributed by atoms with Gasteiger partial charge in [-0.1, -0.05) is 53.2 Å². The zero-order chi connectivity index (χ0) is 26.2. The van der Waals surface area contributed by atoms with Crippen LogP contribution in [0.15, 0.2) is 53.0 Å². The lowest BCUT2D eigenvalue weighted by Gasteiger charge is -2.30. The van der Waals surface area contributed by atoms with Crippen molar-refractivity contribution >= 4 is 43.5 Å². The van der Waals surface area contributed by atoms with Crippen LogP contribution in [0.1, 0.15) is 51.2 Å². The zero-order valence-corrected chi connectivity index (χ0v) is 23.5. The topological polar surface area (TPSA) is 86.8 Å². The van der Waals surface area contributed by atoms with Crippen molar-refractivity contribution in [1.82, 2.24) is 10.2 Å². The Bertz CT molecular complexity index is 1110. The van der Waals surface area contributed by atoms with E-state index in [0.29, 0.717) is 12.1 Å². The van der Waals surface area contributed by atoms with Gasteiger partial charge < -0.3 is 10.2 Å². The first-order valence-electron chi connectivity index (χ1n) is 11.8. The van der Waals surface area contributed by atoms with Gasteiger partial charge in [0.25, 0.3) is 0 Å². The van der Waals surface area contributed by atoms with E-state index < -0.39 is 16.1 Å². The molecule has 0 aliphatic heterocycles. The molecular formula is C26H36BrN3O4S. The van der Waals surface area contributed by atoms with E-state index in [9.17, 15) is 18.0 Å². The molecule has 0 aliphatic carbocycles. The van der Waals surface area contributed by atoms with Gasteiger partial charge in [0.1, 0.15) is 6.04 Å². The highest BCUT2D eigenvalue weighted by Gasteiger charge is 2.27. The molecule has 9 heteroatoms. The molecule has 2 atom stereocenters. The van der Waals surface area contributed by atoms with Crippen molar-refractivity contribution in [2.24, 2.45) is 0 Å². The average Bonchev–Trinajstić information content (AvgIpc) is 2.80.